The van der Waals surface area contributed by atoms with Crippen molar-refractivity contribution in [2.75, 3.05) is 31.5 Å². The van der Waals surface area contributed by atoms with Crippen molar-refractivity contribution in [1.82, 2.24) is 14.3 Å². The van der Waals surface area contributed by atoms with Gasteiger partial charge in [0, 0.05) is 36.7 Å². The number of carbonyl (C=O) groups excluding carboxylic acids is 1. The Morgan fingerprint density at radius 1 is 1.19 bits per heavy atom. The molecular weight excluding hydrogens is 326 g/mol. The summed E-state index contributed by atoms with van der Waals surface area (Å²) in [5.74, 6) is -0.472. The molecule has 0 unspecified atom stereocenters. The summed E-state index contributed by atoms with van der Waals surface area (Å²) in [6.45, 7) is 8.43. The minimum Gasteiger partial charge on any atom is -0.384 e. The number of aromatic nitrogens is 2. The number of nitrogens with two attached hydrogens (primary N) is 1. The maximum absolute atomic E-state index is 11.6. The van der Waals surface area contributed by atoms with Crippen molar-refractivity contribution in [3.63, 3.8) is 0 Å². The van der Waals surface area contributed by atoms with Gasteiger partial charge in [-0.2, -0.15) is 0 Å². The van der Waals surface area contributed by atoms with Gasteiger partial charge in [-0.25, -0.2) is 4.98 Å². The first-order valence-corrected chi connectivity index (χ1v) is 8.96. The van der Waals surface area contributed by atoms with E-state index >= 15 is 0 Å². The zero-order valence-electron chi connectivity index (χ0n) is 15.3. The summed E-state index contributed by atoms with van der Waals surface area (Å²) in [4.78, 5) is 18.5. The molecule has 136 valence electrons. The maximum atomic E-state index is 11.6. The average molecular weight is 351 g/mol. The van der Waals surface area contributed by atoms with E-state index < -0.39 is 5.91 Å². The Morgan fingerprint density at radius 2 is 1.92 bits per heavy atom. The normalized spacial score (nSPS) is 11.2. The molecule has 1 amide bonds. The summed E-state index contributed by atoms with van der Waals surface area (Å²) < 4.78 is 1.83. The lowest BCUT2D eigenvalue weighted by Gasteiger charge is -2.18. The monoisotopic (exact) mass is 351 g/mol. The fraction of sp³-hybridized carbons (Fsp3) is 0.300. The van der Waals surface area contributed by atoms with E-state index in [0.717, 1.165) is 43.1 Å². The van der Waals surface area contributed by atoms with Gasteiger partial charge in [0.05, 0.1) is 11.3 Å². The molecule has 0 bridgehead atoms. The van der Waals surface area contributed by atoms with Gasteiger partial charge in [0.2, 0.25) is 0 Å². The van der Waals surface area contributed by atoms with Crippen LogP contribution in [0.2, 0.25) is 0 Å². The van der Waals surface area contributed by atoms with Gasteiger partial charge in [-0.3, -0.25) is 4.79 Å². The molecule has 2 heterocycles. The predicted molar refractivity (Wildman–Crippen MR) is 105 cm³/mol. The molecule has 2 aromatic heterocycles. The largest absolute Gasteiger partial charge is 0.384 e. The number of likely N-dealkylation sites (N-methyl/N-ethyl adjacent to an activating group) is 1. The topological polar surface area (TPSA) is 75.7 Å². The number of amides is 1. The van der Waals surface area contributed by atoms with Crippen LogP contribution in [-0.4, -0.2) is 46.4 Å². The van der Waals surface area contributed by atoms with Gasteiger partial charge in [0.1, 0.15) is 5.65 Å². The van der Waals surface area contributed by atoms with Crippen LogP contribution in [0.3, 0.4) is 0 Å². The Morgan fingerprint density at radius 3 is 2.58 bits per heavy atom. The second-order valence-electron chi connectivity index (χ2n) is 6.17. The Balaban J connectivity index is 1.73. The molecule has 6 heteroatoms. The van der Waals surface area contributed by atoms with Gasteiger partial charge in [0.25, 0.3) is 5.91 Å². The molecule has 0 saturated carbocycles. The number of nitrogens with zero attached hydrogens (tertiary/aromatic N) is 3. The molecule has 0 radical (unpaired) electrons. The third-order valence-electron chi connectivity index (χ3n) is 4.58. The van der Waals surface area contributed by atoms with Gasteiger partial charge in [-0.05, 0) is 37.4 Å². The molecular formula is C20H25N5O. The van der Waals surface area contributed by atoms with Gasteiger partial charge in [-0.15, -0.1) is 0 Å². The lowest BCUT2D eigenvalue weighted by Crippen LogP contribution is -2.28. The lowest BCUT2D eigenvalue weighted by molar-refractivity contribution is 0.100. The molecule has 26 heavy (non-hydrogen) atoms. The number of hydrogen-bond donors (Lipinski definition) is 2. The van der Waals surface area contributed by atoms with Crippen LogP contribution in [0, 0.1) is 0 Å². The van der Waals surface area contributed by atoms with E-state index in [0.29, 0.717) is 11.2 Å². The molecule has 0 fully saturated rings. The summed E-state index contributed by atoms with van der Waals surface area (Å²) in [6.07, 6.45) is 3.77. The third kappa shape index (κ3) is 3.86. The van der Waals surface area contributed by atoms with Crippen molar-refractivity contribution < 1.29 is 4.79 Å². The first kappa shape index (κ1) is 17.9. The SMILES string of the molecule is CCN(CC)CCNc1ccc(-c2cn3cccc(C(N)=O)c3n2)cc1. The molecule has 3 aromatic rings. The molecule has 0 saturated heterocycles. The van der Waals surface area contributed by atoms with Crippen LogP contribution < -0.4 is 11.1 Å². The molecule has 1 aromatic carbocycles. The Labute approximate surface area is 153 Å². The highest BCUT2D eigenvalue weighted by atomic mass is 16.1. The quantitative estimate of drug-likeness (QED) is 0.654. The summed E-state index contributed by atoms with van der Waals surface area (Å²) >= 11 is 0. The molecule has 0 aliphatic carbocycles. The van der Waals surface area contributed by atoms with Crippen LogP contribution in [0.25, 0.3) is 16.9 Å². The van der Waals surface area contributed by atoms with Gasteiger partial charge < -0.3 is 20.4 Å². The van der Waals surface area contributed by atoms with E-state index in [-0.39, 0.29) is 0 Å². The fourth-order valence-corrected chi connectivity index (χ4v) is 3.00. The van der Waals surface area contributed by atoms with E-state index in [2.05, 4.69) is 41.2 Å². The standard InChI is InChI=1S/C20H25N5O/c1-3-24(4-2)13-11-22-16-9-7-15(8-10-16)18-14-25-12-5-6-17(19(21)26)20(25)23-18/h5-10,12,14,22H,3-4,11,13H2,1-2H3,(H2,21,26). The number of pyridine rings is 1. The van der Waals surface area contributed by atoms with Gasteiger partial charge >= 0.3 is 0 Å². The lowest BCUT2D eigenvalue weighted by atomic mass is 10.1. The fourth-order valence-electron chi connectivity index (χ4n) is 3.00. The second-order valence-corrected chi connectivity index (χ2v) is 6.17. The molecule has 3 N–H and O–H groups in total. The number of hydrogen-bond acceptors (Lipinski definition) is 4. The number of rotatable bonds is 8. The summed E-state index contributed by atoms with van der Waals surface area (Å²) in [5, 5.41) is 3.44. The van der Waals surface area contributed by atoms with Gasteiger partial charge in [0.15, 0.2) is 0 Å². The number of primary amides is 1. The number of fused-ring (bicyclic) bond motifs is 1. The van der Waals surface area contributed by atoms with E-state index in [9.17, 15) is 4.79 Å². The number of imidazole rings is 1. The minimum absolute atomic E-state index is 0.424. The highest BCUT2D eigenvalue weighted by molar-refractivity contribution is 5.98. The predicted octanol–water partition coefficient (Wildman–Crippen LogP) is 2.85. The molecule has 0 aliphatic rings. The minimum atomic E-state index is -0.472. The van der Waals surface area contributed by atoms with E-state index in [1.165, 1.54) is 0 Å². The molecule has 0 spiro atoms. The van der Waals surface area contributed by atoms with Gasteiger partial charge in [-0.1, -0.05) is 26.0 Å². The molecule has 0 atom stereocenters. The number of benzene rings is 1. The van der Waals surface area contributed by atoms with Crippen molar-refractivity contribution in [3.8, 4) is 11.3 Å². The van der Waals surface area contributed by atoms with Crippen molar-refractivity contribution >= 4 is 17.2 Å². The van der Waals surface area contributed by atoms with Crippen LogP contribution in [0.15, 0.2) is 48.8 Å². The average Bonchev–Trinajstić information content (AvgIpc) is 3.09. The zero-order chi connectivity index (χ0) is 18.5. The molecule has 0 aliphatic heterocycles. The van der Waals surface area contributed by atoms with Crippen LogP contribution in [-0.2, 0) is 0 Å². The zero-order valence-corrected chi connectivity index (χ0v) is 15.3. The maximum Gasteiger partial charge on any atom is 0.252 e. The number of anilines is 1. The van der Waals surface area contributed by atoms with Crippen LogP contribution in [0.5, 0.6) is 0 Å². The van der Waals surface area contributed by atoms with Crippen LogP contribution in [0.1, 0.15) is 24.2 Å². The summed E-state index contributed by atoms with van der Waals surface area (Å²) in [5.41, 5.74) is 9.33. The van der Waals surface area contributed by atoms with Crippen molar-refractivity contribution in [2.45, 2.75) is 13.8 Å². The van der Waals surface area contributed by atoms with Crippen LogP contribution >= 0.6 is 0 Å². The first-order chi connectivity index (χ1) is 12.6. The molecule has 3 rings (SSSR count). The Kier molecular flexibility index (Phi) is 5.53. The Hall–Kier alpha value is -2.86. The number of carbonyl (C=O) groups is 1. The van der Waals surface area contributed by atoms with E-state index in [1.54, 1.807) is 12.1 Å². The van der Waals surface area contributed by atoms with E-state index in [4.69, 9.17) is 5.73 Å². The van der Waals surface area contributed by atoms with E-state index in [1.807, 2.05) is 28.9 Å². The highest BCUT2D eigenvalue weighted by Gasteiger charge is 2.11. The molecule has 6 nitrogen and oxygen atoms in total. The second kappa shape index (κ2) is 8.01. The number of nitrogens with one attached hydrogen (secondary N) is 1. The Bertz CT molecular complexity index is 881. The highest BCUT2D eigenvalue weighted by Crippen LogP contribution is 2.22. The van der Waals surface area contributed by atoms with Crippen molar-refractivity contribution in [3.05, 3.63) is 54.4 Å². The van der Waals surface area contributed by atoms with Crippen molar-refractivity contribution in [2.24, 2.45) is 5.73 Å². The first-order valence-electron chi connectivity index (χ1n) is 8.96. The third-order valence-corrected chi connectivity index (χ3v) is 4.58. The van der Waals surface area contributed by atoms with Crippen molar-refractivity contribution in [1.29, 1.82) is 0 Å². The summed E-state index contributed by atoms with van der Waals surface area (Å²) in [6, 6.07) is 11.7. The smallest absolute Gasteiger partial charge is 0.252 e. The van der Waals surface area contributed by atoms with Crippen LogP contribution in [0.4, 0.5) is 5.69 Å². The summed E-state index contributed by atoms with van der Waals surface area (Å²) in [7, 11) is 0.